The highest BCUT2D eigenvalue weighted by Gasteiger charge is 2.39. The summed E-state index contributed by atoms with van der Waals surface area (Å²) >= 11 is 1.12. The number of amidine groups is 1. The Morgan fingerprint density at radius 2 is 1.73 bits per heavy atom. The number of carbonyl (C=O) groups excluding carboxylic acids is 3. The predicted octanol–water partition coefficient (Wildman–Crippen LogP) is 4.83. The SMILES string of the molecule is COC(=O)c1ccc(NC(=O)C[C@H]2SC(=Nc3ccccc3F)N(CCc3ccc(OC)c(OC)c3)C2=O)cc1. The largest absolute Gasteiger partial charge is 0.493 e. The maximum Gasteiger partial charge on any atom is 0.337 e. The first kappa shape index (κ1) is 28.6. The standard InChI is InChI=1S/C29H28FN3O6S/c1-37-23-13-8-18(16-24(23)38-2)14-15-33-27(35)25(40-29(33)32-22-7-5-4-6-21(22)30)17-26(34)31-20-11-9-19(10-12-20)28(36)39-3/h4-13,16,25H,14-15,17H2,1-3H3,(H,31,34)/t25-/m1/s1. The molecule has 1 N–H and O–H groups in total. The van der Waals surface area contributed by atoms with Gasteiger partial charge in [-0.1, -0.05) is 30.0 Å². The summed E-state index contributed by atoms with van der Waals surface area (Å²) in [6.07, 6.45) is 0.347. The van der Waals surface area contributed by atoms with Gasteiger partial charge < -0.3 is 19.5 Å². The molecular formula is C29H28FN3O6S. The van der Waals surface area contributed by atoms with Gasteiger partial charge in [-0.3, -0.25) is 14.5 Å². The molecule has 1 atom stereocenters. The Labute approximate surface area is 235 Å². The molecule has 3 aromatic carbocycles. The molecule has 1 aliphatic heterocycles. The van der Waals surface area contributed by atoms with E-state index in [0.29, 0.717) is 34.3 Å². The third-order valence-electron chi connectivity index (χ3n) is 6.12. The molecule has 0 spiro atoms. The first-order valence-electron chi connectivity index (χ1n) is 12.3. The topological polar surface area (TPSA) is 107 Å². The van der Waals surface area contributed by atoms with Crippen LogP contribution in [0.1, 0.15) is 22.3 Å². The number of nitrogens with one attached hydrogen (secondary N) is 1. The number of amides is 2. The van der Waals surface area contributed by atoms with Gasteiger partial charge in [-0.05, 0) is 60.5 Å². The molecule has 9 nitrogen and oxygen atoms in total. The van der Waals surface area contributed by atoms with Crippen molar-refractivity contribution in [2.24, 2.45) is 4.99 Å². The summed E-state index contributed by atoms with van der Waals surface area (Å²) in [5.41, 5.74) is 1.82. The Morgan fingerprint density at radius 3 is 2.40 bits per heavy atom. The number of benzene rings is 3. The summed E-state index contributed by atoms with van der Waals surface area (Å²) in [5, 5.41) is 2.31. The lowest BCUT2D eigenvalue weighted by atomic mass is 10.1. The van der Waals surface area contributed by atoms with Gasteiger partial charge in [-0.2, -0.15) is 0 Å². The Balaban J connectivity index is 1.50. The normalized spacial score (nSPS) is 15.7. The molecule has 40 heavy (non-hydrogen) atoms. The summed E-state index contributed by atoms with van der Waals surface area (Å²) in [6.45, 7) is 0.266. The first-order valence-corrected chi connectivity index (χ1v) is 13.2. The highest BCUT2D eigenvalue weighted by Crippen LogP contribution is 2.33. The Hall–Kier alpha value is -4.38. The van der Waals surface area contributed by atoms with Crippen molar-refractivity contribution in [3.05, 3.63) is 83.7 Å². The number of anilines is 1. The quantitative estimate of drug-likeness (QED) is 0.351. The van der Waals surface area contributed by atoms with Crippen LogP contribution in [-0.2, 0) is 20.7 Å². The number of aliphatic imine (C=N–C) groups is 1. The van der Waals surface area contributed by atoms with Gasteiger partial charge in [0.15, 0.2) is 16.7 Å². The number of esters is 1. The number of hydrogen-bond acceptors (Lipinski definition) is 8. The summed E-state index contributed by atoms with van der Waals surface area (Å²) in [6, 6.07) is 17.8. The third kappa shape index (κ3) is 6.78. The Kier molecular flexibility index (Phi) is 9.39. The zero-order valence-corrected chi connectivity index (χ0v) is 23.0. The van der Waals surface area contributed by atoms with E-state index in [2.05, 4.69) is 15.0 Å². The fourth-order valence-corrected chi connectivity index (χ4v) is 5.22. The summed E-state index contributed by atoms with van der Waals surface area (Å²) in [7, 11) is 4.39. The second-order valence-electron chi connectivity index (χ2n) is 8.70. The van der Waals surface area contributed by atoms with E-state index in [1.54, 1.807) is 44.6 Å². The van der Waals surface area contributed by atoms with Crippen molar-refractivity contribution in [1.29, 1.82) is 0 Å². The second kappa shape index (κ2) is 13.1. The Morgan fingerprint density at radius 1 is 1.00 bits per heavy atom. The Bertz CT molecular complexity index is 1430. The van der Waals surface area contributed by atoms with E-state index in [1.165, 1.54) is 36.3 Å². The van der Waals surface area contributed by atoms with E-state index >= 15 is 0 Å². The van der Waals surface area contributed by atoms with Gasteiger partial charge in [0.1, 0.15) is 16.8 Å². The first-order chi connectivity index (χ1) is 19.3. The van der Waals surface area contributed by atoms with Gasteiger partial charge >= 0.3 is 5.97 Å². The second-order valence-corrected chi connectivity index (χ2v) is 9.87. The van der Waals surface area contributed by atoms with Gasteiger partial charge in [0, 0.05) is 18.7 Å². The van der Waals surface area contributed by atoms with Crippen molar-refractivity contribution < 1.29 is 33.0 Å². The number of para-hydroxylation sites is 1. The van der Waals surface area contributed by atoms with Crippen molar-refractivity contribution >= 4 is 46.1 Å². The van der Waals surface area contributed by atoms with Gasteiger partial charge in [0.2, 0.25) is 11.8 Å². The van der Waals surface area contributed by atoms with E-state index in [1.807, 2.05) is 12.1 Å². The fourth-order valence-electron chi connectivity index (χ4n) is 4.04. The van der Waals surface area contributed by atoms with Gasteiger partial charge in [0.25, 0.3) is 0 Å². The monoisotopic (exact) mass is 565 g/mol. The van der Waals surface area contributed by atoms with Crippen molar-refractivity contribution in [2.45, 2.75) is 18.1 Å². The smallest absolute Gasteiger partial charge is 0.337 e. The molecule has 1 saturated heterocycles. The van der Waals surface area contributed by atoms with Crippen LogP contribution in [0.15, 0.2) is 71.7 Å². The number of halogens is 1. The number of carbonyl (C=O) groups is 3. The molecule has 0 aliphatic carbocycles. The van der Waals surface area contributed by atoms with Crippen LogP contribution in [0.25, 0.3) is 0 Å². The van der Waals surface area contributed by atoms with Crippen LogP contribution >= 0.6 is 11.8 Å². The highest BCUT2D eigenvalue weighted by molar-refractivity contribution is 8.15. The number of methoxy groups -OCH3 is 3. The molecule has 0 unspecified atom stereocenters. The molecule has 0 radical (unpaired) electrons. The average molecular weight is 566 g/mol. The maximum atomic E-state index is 14.4. The summed E-state index contributed by atoms with van der Waals surface area (Å²) in [4.78, 5) is 43.8. The van der Waals surface area contributed by atoms with Crippen LogP contribution in [0, 0.1) is 5.82 Å². The lowest BCUT2D eigenvalue weighted by molar-refractivity contribution is -0.128. The van der Waals surface area contributed by atoms with Gasteiger partial charge in [0.05, 0.1) is 26.9 Å². The molecule has 208 valence electrons. The number of thioether (sulfide) groups is 1. The van der Waals surface area contributed by atoms with Crippen molar-refractivity contribution in [2.75, 3.05) is 33.2 Å². The molecule has 4 rings (SSSR count). The van der Waals surface area contributed by atoms with Crippen molar-refractivity contribution in [3.8, 4) is 11.5 Å². The molecule has 1 aliphatic rings. The molecule has 2 amide bonds. The van der Waals surface area contributed by atoms with E-state index < -0.39 is 17.0 Å². The lowest BCUT2D eigenvalue weighted by Gasteiger charge is -2.17. The molecule has 11 heteroatoms. The van der Waals surface area contributed by atoms with Crippen LogP contribution in [0.3, 0.4) is 0 Å². The number of ether oxygens (including phenoxy) is 3. The molecule has 0 aromatic heterocycles. The van der Waals surface area contributed by atoms with Crippen LogP contribution in [0.4, 0.5) is 15.8 Å². The minimum Gasteiger partial charge on any atom is -0.493 e. The third-order valence-corrected chi connectivity index (χ3v) is 7.30. The van der Waals surface area contributed by atoms with Crippen LogP contribution in [-0.4, -0.2) is 61.0 Å². The molecule has 0 saturated carbocycles. The predicted molar refractivity (Wildman–Crippen MR) is 151 cm³/mol. The van der Waals surface area contributed by atoms with Crippen LogP contribution < -0.4 is 14.8 Å². The number of rotatable bonds is 10. The fraction of sp³-hybridized carbons (Fsp3) is 0.241. The average Bonchev–Trinajstić information content (AvgIpc) is 3.25. The van der Waals surface area contributed by atoms with Crippen LogP contribution in [0.2, 0.25) is 0 Å². The zero-order chi connectivity index (χ0) is 28.6. The highest BCUT2D eigenvalue weighted by atomic mass is 32.2. The maximum absolute atomic E-state index is 14.4. The molecule has 1 fully saturated rings. The minimum absolute atomic E-state index is 0.102. The number of nitrogens with zero attached hydrogens (tertiary/aromatic N) is 2. The van der Waals surface area contributed by atoms with E-state index in [0.717, 1.165) is 17.3 Å². The van der Waals surface area contributed by atoms with Gasteiger partial charge in [-0.15, -0.1) is 0 Å². The molecule has 3 aromatic rings. The van der Waals surface area contributed by atoms with E-state index in [-0.39, 0.29) is 30.5 Å². The zero-order valence-electron chi connectivity index (χ0n) is 22.2. The van der Waals surface area contributed by atoms with Gasteiger partial charge in [-0.25, -0.2) is 14.2 Å². The van der Waals surface area contributed by atoms with E-state index in [4.69, 9.17) is 9.47 Å². The molecule has 1 heterocycles. The summed E-state index contributed by atoms with van der Waals surface area (Å²) < 4.78 is 29.7. The van der Waals surface area contributed by atoms with Crippen molar-refractivity contribution in [1.82, 2.24) is 4.90 Å². The van der Waals surface area contributed by atoms with E-state index in [9.17, 15) is 18.8 Å². The summed E-state index contributed by atoms with van der Waals surface area (Å²) in [5.74, 6) is -0.524. The molecular weight excluding hydrogens is 537 g/mol. The van der Waals surface area contributed by atoms with Crippen LogP contribution in [0.5, 0.6) is 11.5 Å². The van der Waals surface area contributed by atoms with Crippen molar-refractivity contribution in [3.63, 3.8) is 0 Å². The molecule has 0 bridgehead atoms. The minimum atomic E-state index is -0.745. The number of hydrogen-bond donors (Lipinski definition) is 1. The lowest BCUT2D eigenvalue weighted by Crippen LogP contribution is -2.35.